The van der Waals surface area contributed by atoms with Crippen LogP contribution in [0.3, 0.4) is 0 Å². The Hall–Kier alpha value is -0.610. The van der Waals surface area contributed by atoms with Gasteiger partial charge in [0.15, 0.2) is 0 Å². The molecule has 3 nitrogen and oxygen atoms in total. The average molecular weight is 312 g/mol. The maximum absolute atomic E-state index is 5.98. The van der Waals surface area contributed by atoms with Gasteiger partial charge < -0.3 is 10.6 Å². The predicted molar refractivity (Wildman–Crippen MR) is 79.9 cm³/mol. The average Bonchev–Trinajstić information content (AvgIpc) is 2.37. The Balaban J connectivity index is 2.14. The summed E-state index contributed by atoms with van der Waals surface area (Å²) in [6.45, 7) is 5.25. The van der Waals surface area contributed by atoms with Gasteiger partial charge in [-0.2, -0.15) is 0 Å². The van der Waals surface area contributed by atoms with Crippen LogP contribution in [-0.2, 0) is 0 Å². The Labute approximate surface area is 118 Å². The number of hydrogen-bond acceptors (Lipinski definition) is 3. The summed E-state index contributed by atoms with van der Waals surface area (Å²) < 4.78 is 1.08. The first-order valence-electron chi connectivity index (χ1n) is 6.77. The highest BCUT2D eigenvalue weighted by molar-refractivity contribution is 9.10. The molecule has 18 heavy (non-hydrogen) atoms. The fraction of sp³-hybridized carbons (Fsp3) is 0.643. The number of rotatable bonds is 3. The quantitative estimate of drug-likeness (QED) is 0.931. The zero-order valence-electron chi connectivity index (χ0n) is 11.2. The van der Waals surface area contributed by atoms with Crippen LogP contribution in [0.5, 0.6) is 0 Å². The van der Waals surface area contributed by atoms with Crippen LogP contribution in [0.25, 0.3) is 0 Å². The summed E-state index contributed by atoms with van der Waals surface area (Å²) in [5.74, 6) is 1.10. The molecule has 0 saturated heterocycles. The molecule has 1 saturated carbocycles. The fourth-order valence-electron chi connectivity index (χ4n) is 2.71. The Kier molecular flexibility index (Phi) is 4.62. The van der Waals surface area contributed by atoms with Crippen molar-refractivity contribution in [2.24, 2.45) is 5.73 Å². The zero-order chi connectivity index (χ0) is 13.1. The Morgan fingerprint density at radius 2 is 2.00 bits per heavy atom. The molecule has 0 bridgehead atoms. The monoisotopic (exact) mass is 311 g/mol. The molecule has 0 amide bonds. The summed E-state index contributed by atoms with van der Waals surface area (Å²) in [6, 6.07) is 5.20. The molecule has 1 aliphatic rings. The third-order valence-electron chi connectivity index (χ3n) is 3.82. The van der Waals surface area contributed by atoms with Crippen LogP contribution in [0, 0.1) is 6.92 Å². The summed E-state index contributed by atoms with van der Waals surface area (Å²) >= 11 is 3.51. The van der Waals surface area contributed by atoms with E-state index in [-0.39, 0.29) is 0 Å². The molecule has 0 aromatic carbocycles. The molecule has 1 aromatic rings. The molecule has 0 aliphatic heterocycles. The molecule has 0 radical (unpaired) electrons. The van der Waals surface area contributed by atoms with Crippen molar-refractivity contribution in [1.29, 1.82) is 0 Å². The van der Waals surface area contributed by atoms with Gasteiger partial charge in [-0.3, -0.25) is 0 Å². The van der Waals surface area contributed by atoms with Crippen molar-refractivity contribution < 1.29 is 0 Å². The molecule has 4 heteroatoms. The number of halogens is 1. The number of aromatic nitrogens is 1. The number of nitrogens with zero attached hydrogens (tertiary/aromatic N) is 2. The minimum Gasteiger partial charge on any atom is -0.354 e. The van der Waals surface area contributed by atoms with E-state index in [2.05, 4.69) is 44.9 Å². The van der Waals surface area contributed by atoms with Crippen LogP contribution in [0.4, 0.5) is 5.82 Å². The second-order valence-corrected chi connectivity index (χ2v) is 5.95. The van der Waals surface area contributed by atoms with Crippen LogP contribution in [0.1, 0.15) is 38.3 Å². The highest BCUT2D eigenvalue weighted by Crippen LogP contribution is 2.27. The van der Waals surface area contributed by atoms with Crippen LogP contribution in [0.15, 0.2) is 16.6 Å². The van der Waals surface area contributed by atoms with E-state index >= 15 is 0 Å². The summed E-state index contributed by atoms with van der Waals surface area (Å²) in [5.41, 5.74) is 7.04. The second kappa shape index (κ2) is 6.02. The maximum Gasteiger partial charge on any atom is 0.129 e. The predicted octanol–water partition coefficient (Wildman–Crippen LogP) is 3.25. The summed E-state index contributed by atoms with van der Waals surface area (Å²) in [5, 5.41) is 0. The third kappa shape index (κ3) is 3.04. The lowest BCUT2D eigenvalue weighted by Gasteiger charge is -2.36. The van der Waals surface area contributed by atoms with E-state index in [0.29, 0.717) is 12.1 Å². The van der Waals surface area contributed by atoms with Gasteiger partial charge in [-0.25, -0.2) is 4.98 Å². The molecule has 1 fully saturated rings. The van der Waals surface area contributed by atoms with Gasteiger partial charge in [0.25, 0.3) is 0 Å². The molecule has 1 aliphatic carbocycles. The molecular weight excluding hydrogens is 290 g/mol. The first kappa shape index (κ1) is 13.8. The van der Waals surface area contributed by atoms with Gasteiger partial charge in [0.1, 0.15) is 5.82 Å². The number of aryl methyl sites for hydroxylation is 1. The first-order valence-corrected chi connectivity index (χ1v) is 7.56. The molecular formula is C14H22BrN3. The van der Waals surface area contributed by atoms with Crippen molar-refractivity contribution in [1.82, 2.24) is 4.98 Å². The lowest BCUT2D eigenvalue weighted by Crippen LogP contribution is -2.41. The highest BCUT2D eigenvalue weighted by Gasteiger charge is 2.24. The van der Waals surface area contributed by atoms with Crippen LogP contribution in [0.2, 0.25) is 0 Å². The van der Waals surface area contributed by atoms with Crippen molar-refractivity contribution in [3.05, 3.63) is 22.3 Å². The lowest BCUT2D eigenvalue weighted by molar-refractivity contribution is 0.377. The first-order chi connectivity index (χ1) is 8.61. The van der Waals surface area contributed by atoms with Crippen LogP contribution in [-0.4, -0.2) is 23.6 Å². The van der Waals surface area contributed by atoms with Crippen molar-refractivity contribution >= 4 is 21.7 Å². The van der Waals surface area contributed by atoms with E-state index < -0.39 is 0 Å². The van der Waals surface area contributed by atoms with Gasteiger partial charge in [-0.15, -0.1) is 0 Å². The van der Waals surface area contributed by atoms with Gasteiger partial charge in [-0.1, -0.05) is 0 Å². The summed E-state index contributed by atoms with van der Waals surface area (Å²) in [4.78, 5) is 7.11. The van der Waals surface area contributed by atoms with Crippen molar-refractivity contribution in [3.8, 4) is 0 Å². The SMILES string of the molecule is CCN(c1ccc(Br)c(C)n1)C1CCC(N)CC1. The number of hydrogen-bond donors (Lipinski definition) is 1. The van der Waals surface area contributed by atoms with E-state index in [1.165, 1.54) is 12.8 Å². The van der Waals surface area contributed by atoms with Gasteiger partial charge >= 0.3 is 0 Å². The topological polar surface area (TPSA) is 42.2 Å². The Bertz CT molecular complexity index is 400. The van der Waals surface area contributed by atoms with Gasteiger partial charge in [0.05, 0.1) is 5.69 Å². The normalized spacial score (nSPS) is 24.0. The molecule has 1 heterocycles. The second-order valence-electron chi connectivity index (χ2n) is 5.09. The Morgan fingerprint density at radius 1 is 1.33 bits per heavy atom. The molecule has 2 rings (SSSR count). The summed E-state index contributed by atoms with van der Waals surface area (Å²) in [7, 11) is 0. The molecule has 0 atom stereocenters. The van der Waals surface area contributed by atoms with Crippen molar-refractivity contribution in [3.63, 3.8) is 0 Å². The van der Waals surface area contributed by atoms with E-state index in [0.717, 1.165) is 35.4 Å². The maximum atomic E-state index is 5.98. The van der Waals surface area contributed by atoms with Gasteiger partial charge in [0.2, 0.25) is 0 Å². The zero-order valence-corrected chi connectivity index (χ0v) is 12.8. The largest absolute Gasteiger partial charge is 0.354 e. The third-order valence-corrected chi connectivity index (χ3v) is 4.66. The minimum atomic E-state index is 0.402. The molecule has 1 aromatic heterocycles. The lowest BCUT2D eigenvalue weighted by atomic mass is 9.90. The van der Waals surface area contributed by atoms with Gasteiger partial charge in [-0.05, 0) is 67.6 Å². The number of anilines is 1. The van der Waals surface area contributed by atoms with E-state index in [1.807, 2.05) is 6.92 Å². The van der Waals surface area contributed by atoms with E-state index in [4.69, 9.17) is 5.73 Å². The molecule has 0 spiro atoms. The van der Waals surface area contributed by atoms with Crippen LogP contribution >= 0.6 is 15.9 Å². The molecule has 100 valence electrons. The smallest absolute Gasteiger partial charge is 0.129 e. The molecule has 0 unspecified atom stereocenters. The van der Waals surface area contributed by atoms with Crippen molar-refractivity contribution in [2.45, 2.75) is 51.6 Å². The van der Waals surface area contributed by atoms with Gasteiger partial charge in [0, 0.05) is 23.1 Å². The number of nitrogens with two attached hydrogens (primary N) is 1. The fourth-order valence-corrected chi connectivity index (χ4v) is 2.93. The van der Waals surface area contributed by atoms with E-state index in [9.17, 15) is 0 Å². The van der Waals surface area contributed by atoms with Crippen molar-refractivity contribution in [2.75, 3.05) is 11.4 Å². The molecule has 2 N–H and O–H groups in total. The Morgan fingerprint density at radius 3 is 2.56 bits per heavy atom. The van der Waals surface area contributed by atoms with Crippen LogP contribution < -0.4 is 10.6 Å². The van der Waals surface area contributed by atoms with E-state index in [1.54, 1.807) is 0 Å². The minimum absolute atomic E-state index is 0.402. The highest BCUT2D eigenvalue weighted by atomic mass is 79.9. The summed E-state index contributed by atoms with van der Waals surface area (Å²) in [6.07, 6.45) is 4.64. The standard InChI is InChI=1S/C14H22BrN3/c1-3-18(12-6-4-11(16)5-7-12)14-9-8-13(15)10(2)17-14/h8-9,11-12H,3-7,16H2,1-2H3. The number of pyridine rings is 1.